The first kappa shape index (κ1) is 18.9. The lowest BCUT2D eigenvalue weighted by molar-refractivity contribution is -0.114. The van der Waals surface area contributed by atoms with Crippen LogP contribution in [0.15, 0.2) is 48.5 Å². The summed E-state index contributed by atoms with van der Waals surface area (Å²) >= 11 is 6.37. The quantitative estimate of drug-likeness (QED) is 0.713. The van der Waals surface area contributed by atoms with E-state index in [-0.39, 0.29) is 5.91 Å². The van der Waals surface area contributed by atoms with Crippen LogP contribution < -0.4 is 5.32 Å². The Morgan fingerprint density at radius 3 is 2.71 bits per heavy atom. The number of hydrogen-bond donors (Lipinski definition) is 1. The minimum Gasteiger partial charge on any atom is -0.379 e. The van der Waals surface area contributed by atoms with Crippen molar-refractivity contribution in [1.29, 1.82) is 0 Å². The van der Waals surface area contributed by atoms with Gasteiger partial charge in [-0.05, 0) is 29.8 Å². The first-order chi connectivity index (χ1) is 13.6. The third kappa shape index (κ3) is 4.17. The molecule has 0 spiro atoms. The number of ether oxygens (including phenoxy) is 1. The number of fused-ring (bicyclic) bond motifs is 1. The Morgan fingerprint density at radius 1 is 1.18 bits per heavy atom. The van der Waals surface area contributed by atoms with Crippen LogP contribution in [0.2, 0.25) is 5.02 Å². The van der Waals surface area contributed by atoms with Crippen molar-refractivity contribution in [1.82, 2.24) is 9.88 Å². The largest absolute Gasteiger partial charge is 0.379 e. The number of benzene rings is 2. The number of morpholine rings is 1. The smallest absolute Gasteiger partial charge is 0.221 e. The molecule has 1 N–H and O–H groups in total. The molecule has 1 aliphatic rings. The molecule has 3 aromatic rings. The van der Waals surface area contributed by atoms with E-state index in [0.29, 0.717) is 10.7 Å². The highest BCUT2D eigenvalue weighted by Crippen LogP contribution is 2.31. The third-order valence-corrected chi connectivity index (χ3v) is 5.19. The summed E-state index contributed by atoms with van der Waals surface area (Å²) in [7, 11) is 0. The van der Waals surface area contributed by atoms with E-state index in [0.717, 1.165) is 49.6 Å². The molecule has 144 valence electrons. The van der Waals surface area contributed by atoms with Crippen LogP contribution in [0.3, 0.4) is 0 Å². The molecule has 5 nitrogen and oxygen atoms in total. The molecule has 1 fully saturated rings. The van der Waals surface area contributed by atoms with E-state index in [9.17, 15) is 4.79 Å². The van der Waals surface area contributed by atoms with Gasteiger partial charge in [-0.3, -0.25) is 9.69 Å². The lowest BCUT2D eigenvalue weighted by Gasteiger charge is -2.27. The van der Waals surface area contributed by atoms with Gasteiger partial charge in [-0.25, -0.2) is 4.98 Å². The molecule has 0 radical (unpaired) electrons. The van der Waals surface area contributed by atoms with Crippen molar-refractivity contribution in [3.05, 3.63) is 59.1 Å². The van der Waals surface area contributed by atoms with Crippen LogP contribution in [0, 0.1) is 0 Å². The van der Waals surface area contributed by atoms with Crippen molar-refractivity contribution in [3.63, 3.8) is 0 Å². The highest BCUT2D eigenvalue weighted by molar-refractivity contribution is 6.34. The number of amides is 1. The number of carbonyl (C=O) groups excluding carboxylic acids is 1. The molecule has 0 unspecified atom stereocenters. The normalized spacial score (nSPS) is 14.9. The van der Waals surface area contributed by atoms with Gasteiger partial charge in [0, 0.05) is 37.5 Å². The van der Waals surface area contributed by atoms with Crippen molar-refractivity contribution < 1.29 is 9.53 Å². The first-order valence-corrected chi connectivity index (χ1v) is 9.74. The number of hydrogen-bond acceptors (Lipinski definition) is 4. The van der Waals surface area contributed by atoms with Crippen LogP contribution >= 0.6 is 11.6 Å². The van der Waals surface area contributed by atoms with Crippen LogP contribution in [0.25, 0.3) is 22.2 Å². The summed E-state index contributed by atoms with van der Waals surface area (Å²) < 4.78 is 5.47. The second-order valence-electron chi connectivity index (χ2n) is 6.95. The average molecular weight is 396 g/mol. The fourth-order valence-corrected chi connectivity index (χ4v) is 3.72. The van der Waals surface area contributed by atoms with Crippen molar-refractivity contribution in [2.75, 3.05) is 31.6 Å². The first-order valence-electron chi connectivity index (χ1n) is 9.36. The van der Waals surface area contributed by atoms with E-state index in [1.54, 1.807) is 0 Å². The molecule has 1 amide bonds. The number of pyridine rings is 1. The molecule has 0 atom stereocenters. The van der Waals surface area contributed by atoms with Crippen LogP contribution in [-0.2, 0) is 16.1 Å². The molecule has 0 aliphatic carbocycles. The zero-order valence-corrected chi connectivity index (χ0v) is 16.5. The van der Waals surface area contributed by atoms with Gasteiger partial charge < -0.3 is 10.1 Å². The Balaban J connectivity index is 1.73. The van der Waals surface area contributed by atoms with Crippen LogP contribution in [0.5, 0.6) is 0 Å². The van der Waals surface area contributed by atoms with Gasteiger partial charge in [0.15, 0.2) is 0 Å². The zero-order valence-electron chi connectivity index (χ0n) is 15.7. The maximum absolute atomic E-state index is 11.3. The van der Waals surface area contributed by atoms with Gasteiger partial charge >= 0.3 is 0 Å². The molecule has 28 heavy (non-hydrogen) atoms. The van der Waals surface area contributed by atoms with Gasteiger partial charge in [0.2, 0.25) is 5.91 Å². The minimum absolute atomic E-state index is 0.147. The highest BCUT2D eigenvalue weighted by Gasteiger charge is 2.15. The number of halogens is 1. The molecule has 2 aromatic carbocycles. The van der Waals surface area contributed by atoms with Gasteiger partial charge in [-0.2, -0.15) is 0 Å². The van der Waals surface area contributed by atoms with Crippen molar-refractivity contribution in [2.24, 2.45) is 0 Å². The number of anilines is 1. The summed E-state index contributed by atoms with van der Waals surface area (Å²) in [5.74, 6) is -0.147. The third-order valence-electron chi connectivity index (χ3n) is 4.88. The summed E-state index contributed by atoms with van der Waals surface area (Å²) in [4.78, 5) is 18.6. The Morgan fingerprint density at radius 2 is 1.96 bits per heavy atom. The number of rotatable bonds is 4. The number of nitrogens with one attached hydrogen (secondary N) is 1. The molecule has 0 saturated carbocycles. The summed E-state index contributed by atoms with van der Waals surface area (Å²) in [6, 6.07) is 16.0. The summed E-state index contributed by atoms with van der Waals surface area (Å²) in [5, 5.41) is 4.40. The fraction of sp³-hybridized carbons (Fsp3) is 0.273. The maximum atomic E-state index is 11.3. The topological polar surface area (TPSA) is 54.5 Å². The standard InChI is InChI=1S/C22H22ClN3O2/c1-15(27)24-21-7-6-16(12-19(21)23)22-13-17(14-26-8-10-28-11-9-26)18-4-2-3-5-20(18)25-22/h2-7,12-13H,8-11,14H2,1H3,(H,24,27). The van der Waals surface area contributed by atoms with E-state index in [4.69, 9.17) is 21.3 Å². The predicted molar refractivity (Wildman–Crippen MR) is 113 cm³/mol. The van der Waals surface area contributed by atoms with Crippen molar-refractivity contribution in [2.45, 2.75) is 13.5 Å². The number of nitrogens with zero attached hydrogens (tertiary/aromatic N) is 2. The molecule has 6 heteroatoms. The lowest BCUT2D eigenvalue weighted by atomic mass is 10.0. The Bertz CT molecular complexity index is 1020. The van der Waals surface area contributed by atoms with Gasteiger partial charge in [-0.15, -0.1) is 0 Å². The van der Waals surface area contributed by atoms with Gasteiger partial charge in [0.05, 0.1) is 35.1 Å². The Kier molecular flexibility index (Phi) is 5.57. The summed E-state index contributed by atoms with van der Waals surface area (Å²) in [6.07, 6.45) is 0. The Hall–Kier alpha value is -2.47. The maximum Gasteiger partial charge on any atom is 0.221 e. The molecule has 2 heterocycles. The molecular weight excluding hydrogens is 374 g/mol. The monoisotopic (exact) mass is 395 g/mol. The van der Waals surface area contributed by atoms with E-state index >= 15 is 0 Å². The van der Waals surface area contributed by atoms with Gasteiger partial charge in [-0.1, -0.05) is 35.9 Å². The highest BCUT2D eigenvalue weighted by atomic mass is 35.5. The fourth-order valence-electron chi connectivity index (χ4n) is 3.49. The summed E-state index contributed by atoms with van der Waals surface area (Å²) in [6.45, 7) is 5.74. The number of aromatic nitrogens is 1. The second kappa shape index (κ2) is 8.27. The van der Waals surface area contributed by atoms with E-state index in [1.165, 1.54) is 17.9 Å². The number of carbonyl (C=O) groups is 1. The van der Waals surface area contributed by atoms with E-state index < -0.39 is 0 Å². The summed E-state index contributed by atoms with van der Waals surface area (Å²) in [5.41, 5.74) is 4.61. The lowest BCUT2D eigenvalue weighted by Crippen LogP contribution is -2.35. The average Bonchev–Trinajstić information content (AvgIpc) is 2.70. The second-order valence-corrected chi connectivity index (χ2v) is 7.36. The van der Waals surface area contributed by atoms with Crippen LogP contribution in [0.1, 0.15) is 12.5 Å². The van der Waals surface area contributed by atoms with Gasteiger partial charge in [0.1, 0.15) is 0 Å². The molecule has 4 rings (SSSR count). The van der Waals surface area contributed by atoms with Gasteiger partial charge in [0.25, 0.3) is 0 Å². The Labute approximate surface area is 169 Å². The number of para-hydroxylation sites is 1. The van der Waals surface area contributed by atoms with Crippen molar-refractivity contribution in [3.8, 4) is 11.3 Å². The van der Waals surface area contributed by atoms with Crippen LogP contribution in [-0.4, -0.2) is 42.1 Å². The minimum atomic E-state index is -0.147. The predicted octanol–water partition coefficient (Wildman–Crippen LogP) is 4.35. The molecule has 1 saturated heterocycles. The van der Waals surface area contributed by atoms with Crippen molar-refractivity contribution >= 4 is 34.1 Å². The SMILES string of the molecule is CC(=O)Nc1ccc(-c2cc(CN3CCOCC3)c3ccccc3n2)cc1Cl. The zero-order chi connectivity index (χ0) is 19.5. The molecule has 1 aliphatic heterocycles. The van der Waals surface area contributed by atoms with E-state index in [2.05, 4.69) is 22.3 Å². The molecule has 1 aromatic heterocycles. The molecular formula is C22H22ClN3O2. The van der Waals surface area contributed by atoms with Crippen LogP contribution in [0.4, 0.5) is 5.69 Å². The molecule has 0 bridgehead atoms. The van der Waals surface area contributed by atoms with E-state index in [1.807, 2.05) is 36.4 Å².